The zero-order valence-electron chi connectivity index (χ0n) is 9.19. The summed E-state index contributed by atoms with van der Waals surface area (Å²) in [6.07, 6.45) is 1.90. The summed E-state index contributed by atoms with van der Waals surface area (Å²) in [6.45, 7) is 1.68. The maximum Gasteiger partial charge on any atom is 0.308 e. The molecule has 1 aliphatic rings. The Morgan fingerprint density at radius 3 is 3.00 bits per heavy atom. The van der Waals surface area contributed by atoms with Crippen LogP contribution in [-0.2, 0) is 0 Å². The number of nitro groups is 1. The maximum absolute atomic E-state index is 13.1. The first kappa shape index (κ1) is 11.8. The first-order valence-corrected chi connectivity index (χ1v) is 5.48. The summed E-state index contributed by atoms with van der Waals surface area (Å²) < 4.78 is 18.7. The van der Waals surface area contributed by atoms with E-state index in [1.165, 1.54) is 6.07 Å². The molecular formula is C11H13FN2O3. The van der Waals surface area contributed by atoms with Gasteiger partial charge in [0.05, 0.1) is 11.0 Å². The predicted molar refractivity (Wildman–Crippen MR) is 59.6 cm³/mol. The summed E-state index contributed by atoms with van der Waals surface area (Å²) in [6, 6.07) is 3.60. The Labute approximate surface area is 97.7 Å². The lowest BCUT2D eigenvalue weighted by Crippen LogP contribution is -2.37. The van der Waals surface area contributed by atoms with Crippen molar-refractivity contribution < 1.29 is 14.1 Å². The third-order valence-electron chi connectivity index (χ3n) is 2.67. The van der Waals surface area contributed by atoms with Crippen molar-refractivity contribution in [3.63, 3.8) is 0 Å². The van der Waals surface area contributed by atoms with Crippen molar-refractivity contribution in [2.75, 3.05) is 13.1 Å². The van der Waals surface area contributed by atoms with Gasteiger partial charge in [0.2, 0.25) is 5.82 Å². The van der Waals surface area contributed by atoms with Crippen LogP contribution >= 0.6 is 0 Å². The Bertz CT molecular complexity index is 419. The van der Waals surface area contributed by atoms with E-state index in [9.17, 15) is 14.5 Å². The van der Waals surface area contributed by atoms with Crippen LogP contribution in [0.3, 0.4) is 0 Å². The Morgan fingerprint density at radius 2 is 2.35 bits per heavy atom. The Balaban J connectivity index is 2.10. The van der Waals surface area contributed by atoms with Gasteiger partial charge >= 0.3 is 5.69 Å². The molecule has 1 N–H and O–H groups in total. The van der Waals surface area contributed by atoms with Gasteiger partial charge in [-0.1, -0.05) is 0 Å². The second-order valence-electron chi connectivity index (χ2n) is 3.96. The van der Waals surface area contributed by atoms with Crippen molar-refractivity contribution in [2.45, 2.75) is 18.9 Å². The van der Waals surface area contributed by atoms with Gasteiger partial charge in [0.1, 0.15) is 11.9 Å². The fraction of sp³-hybridized carbons (Fsp3) is 0.455. The van der Waals surface area contributed by atoms with Crippen LogP contribution in [0.2, 0.25) is 0 Å². The lowest BCUT2D eigenvalue weighted by atomic mass is 10.1. The lowest BCUT2D eigenvalue weighted by molar-refractivity contribution is -0.387. The molecule has 1 atom stereocenters. The van der Waals surface area contributed by atoms with Crippen LogP contribution in [0.1, 0.15) is 12.8 Å². The molecule has 2 rings (SSSR count). The number of nitro benzene ring substituents is 1. The molecule has 1 saturated heterocycles. The van der Waals surface area contributed by atoms with Crippen LogP contribution in [0, 0.1) is 15.9 Å². The van der Waals surface area contributed by atoms with Crippen LogP contribution in [0.4, 0.5) is 10.1 Å². The van der Waals surface area contributed by atoms with E-state index in [1.54, 1.807) is 0 Å². The van der Waals surface area contributed by atoms with Gasteiger partial charge in [-0.3, -0.25) is 10.1 Å². The highest BCUT2D eigenvalue weighted by Gasteiger charge is 2.18. The first-order valence-electron chi connectivity index (χ1n) is 5.48. The molecule has 1 heterocycles. The molecule has 1 aromatic carbocycles. The van der Waals surface area contributed by atoms with Crippen molar-refractivity contribution in [1.29, 1.82) is 0 Å². The number of ether oxygens (including phenoxy) is 1. The SMILES string of the molecule is O=[N+]([O-])c1cc(OC2CCCNC2)ccc1F. The quantitative estimate of drug-likeness (QED) is 0.647. The molecule has 0 saturated carbocycles. The van der Waals surface area contributed by atoms with E-state index in [-0.39, 0.29) is 6.10 Å². The van der Waals surface area contributed by atoms with Gasteiger partial charge in [-0.15, -0.1) is 0 Å². The average molecular weight is 240 g/mol. The maximum atomic E-state index is 13.1. The molecule has 0 radical (unpaired) electrons. The van der Waals surface area contributed by atoms with E-state index < -0.39 is 16.4 Å². The van der Waals surface area contributed by atoms with E-state index in [4.69, 9.17) is 4.74 Å². The fourth-order valence-electron chi connectivity index (χ4n) is 1.82. The van der Waals surface area contributed by atoms with Crippen LogP contribution in [0.25, 0.3) is 0 Å². The molecule has 6 heteroatoms. The number of benzene rings is 1. The minimum absolute atomic E-state index is 0.00573. The van der Waals surface area contributed by atoms with E-state index in [0.717, 1.165) is 31.5 Å². The van der Waals surface area contributed by atoms with Crippen molar-refractivity contribution in [3.05, 3.63) is 34.1 Å². The van der Waals surface area contributed by atoms with Gasteiger partial charge in [0.25, 0.3) is 0 Å². The molecule has 1 fully saturated rings. The first-order chi connectivity index (χ1) is 8.16. The van der Waals surface area contributed by atoms with Gasteiger partial charge in [-0.05, 0) is 31.5 Å². The van der Waals surface area contributed by atoms with Gasteiger partial charge < -0.3 is 10.1 Å². The highest BCUT2D eigenvalue weighted by molar-refractivity contribution is 5.39. The number of halogens is 1. The number of nitrogens with zero attached hydrogens (tertiary/aromatic N) is 1. The van der Waals surface area contributed by atoms with Gasteiger partial charge in [0.15, 0.2) is 0 Å². The zero-order valence-corrected chi connectivity index (χ0v) is 9.19. The average Bonchev–Trinajstić information content (AvgIpc) is 2.32. The summed E-state index contributed by atoms with van der Waals surface area (Å²) in [5, 5.41) is 13.7. The second kappa shape index (κ2) is 5.09. The summed E-state index contributed by atoms with van der Waals surface area (Å²) in [5.74, 6) is -0.504. The minimum Gasteiger partial charge on any atom is -0.489 e. The lowest BCUT2D eigenvalue weighted by Gasteiger charge is -2.23. The molecule has 0 aromatic heterocycles. The minimum atomic E-state index is -0.843. The fourth-order valence-corrected chi connectivity index (χ4v) is 1.82. The number of rotatable bonds is 3. The van der Waals surface area contributed by atoms with Crippen LogP contribution in [0.5, 0.6) is 5.75 Å². The predicted octanol–water partition coefficient (Wildman–Crippen LogP) is 1.86. The number of hydrogen-bond donors (Lipinski definition) is 1. The van der Waals surface area contributed by atoms with Crippen LogP contribution < -0.4 is 10.1 Å². The number of nitrogens with one attached hydrogen (secondary N) is 1. The molecule has 92 valence electrons. The zero-order chi connectivity index (χ0) is 12.3. The third kappa shape index (κ3) is 2.91. The topological polar surface area (TPSA) is 64.4 Å². The van der Waals surface area contributed by atoms with E-state index in [2.05, 4.69) is 5.32 Å². The smallest absolute Gasteiger partial charge is 0.308 e. The molecule has 1 aromatic rings. The van der Waals surface area contributed by atoms with Crippen LogP contribution in [-0.4, -0.2) is 24.1 Å². The summed E-state index contributed by atoms with van der Waals surface area (Å²) in [7, 11) is 0. The number of hydrogen-bond acceptors (Lipinski definition) is 4. The Hall–Kier alpha value is -1.69. The van der Waals surface area contributed by atoms with Crippen molar-refractivity contribution in [2.24, 2.45) is 0 Å². The molecule has 0 amide bonds. The highest BCUT2D eigenvalue weighted by atomic mass is 19.1. The Morgan fingerprint density at radius 1 is 1.53 bits per heavy atom. The van der Waals surface area contributed by atoms with Crippen molar-refractivity contribution in [1.82, 2.24) is 5.32 Å². The summed E-state index contributed by atoms with van der Waals surface area (Å²) in [4.78, 5) is 9.82. The van der Waals surface area contributed by atoms with Crippen LogP contribution in [0.15, 0.2) is 18.2 Å². The molecule has 0 spiro atoms. The second-order valence-corrected chi connectivity index (χ2v) is 3.96. The van der Waals surface area contributed by atoms with Gasteiger partial charge in [0, 0.05) is 6.54 Å². The normalized spacial score (nSPS) is 19.9. The third-order valence-corrected chi connectivity index (χ3v) is 2.67. The molecule has 17 heavy (non-hydrogen) atoms. The molecule has 1 aliphatic heterocycles. The van der Waals surface area contributed by atoms with E-state index >= 15 is 0 Å². The summed E-state index contributed by atoms with van der Waals surface area (Å²) in [5.41, 5.74) is -0.550. The largest absolute Gasteiger partial charge is 0.489 e. The van der Waals surface area contributed by atoms with E-state index in [0.29, 0.717) is 12.3 Å². The van der Waals surface area contributed by atoms with Gasteiger partial charge in [-0.2, -0.15) is 4.39 Å². The highest BCUT2D eigenvalue weighted by Crippen LogP contribution is 2.24. The molecule has 0 bridgehead atoms. The number of piperidine rings is 1. The molecule has 5 nitrogen and oxygen atoms in total. The summed E-state index contributed by atoms with van der Waals surface area (Å²) >= 11 is 0. The standard InChI is InChI=1S/C11H13FN2O3/c12-10-4-3-8(6-11(10)14(15)16)17-9-2-1-5-13-7-9/h3-4,6,9,13H,1-2,5,7H2. The van der Waals surface area contributed by atoms with E-state index in [1.807, 2.05) is 0 Å². The van der Waals surface area contributed by atoms with Crippen molar-refractivity contribution >= 4 is 5.69 Å². The molecule has 0 aliphatic carbocycles. The monoisotopic (exact) mass is 240 g/mol. The molecule has 1 unspecified atom stereocenters. The Kier molecular flexibility index (Phi) is 3.53. The van der Waals surface area contributed by atoms with Crippen molar-refractivity contribution in [3.8, 4) is 5.75 Å². The molecular weight excluding hydrogens is 227 g/mol. The van der Waals surface area contributed by atoms with Gasteiger partial charge in [-0.25, -0.2) is 0 Å².